The highest BCUT2D eigenvalue weighted by Crippen LogP contribution is 2.35. The molecule has 0 saturated heterocycles. The van der Waals surface area contributed by atoms with Crippen LogP contribution >= 0.6 is 34.8 Å². The van der Waals surface area contributed by atoms with Gasteiger partial charge < -0.3 is 5.32 Å². The van der Waals surface area contributed by atoms with Gasteiger partial charge in [0.15, 0.2) is 5.82 Å². The first-order valence-electron chi connectivity index (χ1n) is 3.58. The predicted octanol–water partition coefficient (Wildman–Crippen LogP) is 2.02. The highest BCUT2D eigenvalue weighted by Gasteiger charge is 2.26. The minimum absolute atomic E-state index is 0.199. The van der Waals surface area contributed by atoms with Crippen LogP contribution in [0.3, 0.4) is 0 Å². The molecule has 0 atom stereocenters. The summed E-state index contributed by atoms with van der Waals surface area (Å²) >= 11 is 16.8. The Hall–Kier alpha value is -0.0900. The standard InChI is InChI=1S/C7H8Cl3N3/c1-11-4-5-2-3-12-6(13-5)7(8,9)10/h2-3,11H,4H2,1H3. The SMILES string of the molecule is CNCc1ccnc(C(Cl)(Cl)Cl)n1. The van der Waals surface area contributed by atoms with E-state index in [0.717, 1.165) is 5.69 Å². The molecule has 0 saturated carbocycles. The zero-order valence-corrected chi connectivity index (χ0v) is 9.16. The molecule has 3 nitrogen and oxygen atoms in total. The van der Waals surface area contributed by atoms with Gasteiger partial charge in [-0.25, -0.2) is 9.97 Å². The van der Waals surface area contributed by atoms with Crippen molar-refractivity contribution in [2.45, 2.75) is 10.3 Å². The van der Waals surface area contributed by atoms with Crippen molar-refractivity contribution >= 4 is 34.8 Å². The first-order valence-corrected chi connectivity index (χ1v) is 4.71. The molecule has 1 rings (SSSR count). The summed E-state index contributed by atoms with van der Waals surface area (Å²) in [5.74, 6) is 0.199. The van der Waals surface area contributed by atoms with E-state index in [2.05, 4.69) is 15.3 Å². The van der Waals surface area contributed by atoms with Crippen molar-refractivity contribution in [1.29, 1.82) is 0 Å². The van der Waals surface area contributed by atoms with Crippen molar-refractivity contribution in [1.82, 2.24) is 15.3 Å². The van der Waals surface area contributed by atoms with Crippen LogP contribution in [-0.2, 0) is 10.3 Å². The Kier molecular flexibility index (Phi) is 3.74. The van der Waals surface area contributed by atoms with Gasteiger partial charge in [-0.3, -0.25) is 0 Å². The van der Waals surface area contributed by atoms with E-state index in [1.807, 2.05) is 7.05 Å². The summed E-state index contributed by atoms with van der Waals surface area (Å²) in [4.78, 5) is 7.92. The predicted molar refractivity (Wildman–Crippen MR) is 54.0 cm³/mol. The van der Waals surface area contributed by atoms with E-state index in [1.165, 1.54) is 0 Å². The molecule has 1 aromatic rings. The quantitative estimate of drug-likeness (QED) is 0.804. The maximum absolute atomic E-state index is 5.62. The zero-order chi connectivity index (χ0) is 9.90. The molecule has 0 bridgehead atoms. The average Bonchev–Trinajstić information content (AvgIpc) is 2.04. The first kappa shape index (κ1) is 11.0. The van der Waals surface area contributed by atoms with Crippen LogP contribution in [0.2, 0.25) is 0 Å². The molecule has 1 heterocycles. The average molecular weight is 241 g/mol. The summed E-state index contributed by atoms with van der Waals surface area (Å²) in [6.07, 6.45) is 1.57. The van der Waals surface area contributed by atoms with Crippen molar-refractivity contribution in [2.24, 2.45) is 0 Å². The maximum Gasteiger partial charge on any atom is 0.250 e. The summed E-state index contributed by atoms with van der Waals surface area (Å²) in [6.45, 7) is 0.621. The third kappa shape index (κ3) is 3.27. The van der Waals surface area contributed by atoms with E-state index in [0.29, 0.717) is 6.54 Å². The van der Waals surface area contributed by atoms with Crippen molar-refractivity contribution in [3.8, 4) is 0 Å². The largest absolute Gasteiger partial charge is 0.314 e. The van der Waals surface area contributed by atoms with Gasteiger partial charge in [0.2, 0.25) is 3.79 Å². The van der Waals surface area contributed by atoms with E-state index in [-0.39, 0.29) is 5.82 Å². The lowest BCUT2D eigenvalue weighted by Gasteiger charge is -2.09. The molecular formula is C7H8Cl3N3. The Morgan fingerprint density at radius 1 is 1.46 bits per heavy atom. The molecule has 0 aliphatic heterocycles. The number of rotatable bonds is 2. The summed E-state index contributed by atoms with van der Waals surface area (Å²) in [6, 6.07) is 1.76. The Bertz CT molecular complexity index is 285. The van der Waals surface area contributed by atoms with E-state index in [9.17, 15) is 0 Å². The number of halogens is 3. The van der Waals surface area contributed by atoms with Crippen molar-refractivity contribution < 1.29 is 0 Å². The highest BCUT2D eigenvalue weighted by molar-refractivity contribution is 6.66. The fourth-order valence-corrected chi connectivity index (χ4v) is 1.09. The fourth-order valence-electron chi connectivity index (χ4n) is 0.812. The van der Waals surface area contributed by atoms with Gasteiger partial charge in [0.05, 0.1) is 5.69 Å². The molecule has 0 unspecified atom stereocenters. The van der Waals surface area contributed by atoms with Crippen LogP contribution in [0, 0.1) is 0 Å². The molecule has 0 radical (unpaired) electrons. The van der Waals surface area contributed by atoms with Crippen molar-refractivity contribution in [3.05, 3.63) is 23.8 Å². The Balaban J connectivity index is 2.92. The molecule has 1 N–H and O–H groups in total. The molecule has 1 aromatic heterocycles. The van der Waals surface area contributed by atoms with Crippen LogP contribution in [0.15, 0.2) is 12.3 Å². The fraction of sp³-hybridized carbons (Fsp3) is 0.429. The molecule has 13 heavy (non-hydrogen) atoms. The van der Waals surface area contributed by atoms with Gasteiger partial charge >= 0.3 is 0 Å². The van der Waals surface area contributed by atoms with Gasteiger partial charge in [-0.05, 0) is 13.1 Å². The van der Waals surface area contributed by atoms with Crippen molar-refractivity contribution in [2.75, 3.05) is 7.05 Å². The van der Waals surface area contributed by atoms with Crippen molar-refractivity contribution in [3.63, 3.8) is 0 Å². The normalized spacial score (nSPS) is 11.7. The van der Waals surface area contributed by atoms with E-state index in [1.54, 1.807) is 12.3 Å². The van der Waals surface area contributed by atoms with Gasteiger partial charge in [0.25, 0.3) is 0 Å². The van der Waals surface area contributed by atoms with Crippen LogP contribution in [0.25, 0.3) is 0 Å². The first-order chi connectivity index (χ1) is 6.04. The molecule has 0 aromatic carbocycles. The Morgan fingerprint density at radius 3 is 2.69 bits per heavy atom. The van der Waals surface area contributed by atoms with Crippen LogP contribution < -0.4 is 5.32 Å². The number of hydrogen-bond donors (Lipinski definition) is 1. The maximum atomic E-state index is 5.62. The third-order valence-electron chi connectivity index (χ3n) is 1.32. The van der Waals surface area contributed by atoms with Gasteiger partial charge in [0.1, 0.15) is 0 Å². The lowest BCUT2D eigenvalue weighted by atomic mass is 10.4. The lowest BCUT2D eigenvalue weighted by molar-refractivity contribution is 0.771. The van der Waals surface area contributed by atoms with Gasteiger partial charge in [0, 0.05) is 12.7 Å². The number of aromatic nitrogens is 2. The second-order valence-electron chi connectivity index (χ2n) is 2.40. The molecular weight excluding hydrogens is 232 g/mol. The number of hydrogen-bond acceptors (Lipinski definition) is 3. The molecule has 72 valence electrons. The molecule has 0 aliphatic carbocycles. The Morgan fingerprint density at radius 2 is 2.15 bits per heavy atom. The summed E-state index contributed by atoms with van der Waals surface area (Å²) in [5, 5.41) is 2.94. The van der Waals surface area contributed by atoms with Gasteiger partial charge in [-0.1, -0.05) is 34.8 Å². The van der Waals surface area contributed by atoms with Gasteiger partial charge in [-0.2, -0.15) is 0 Å². The summed E-state index contributed by atoms with van der Waals surface area (Å²) in [7, 11) is 1.82. The summed E-state index contributed by atoms with van der Waals surface area (Å²) in [5.41, 5.74) is 0.791. The van der Waals surface area contributed by atoms with E-state index < -0.39 is 3.79 Å². The van der Waals surface area contributed by atoms with Gasteiger partial charge in [-0.15, -0.1) is 0 Å². The van der Waals surface area contributed by atoms with Crippen LogP contribution in [0.1, 0.15) is 11.5 Å². The van der Waals surface area contributed by atoms with E-state index >= 15 is 0 Å². The third-order valence-corrected chi connectivity index (χ3v) is 1.83. The van der Waals surface area contributed by atoms with Crippen LogP contribution in [0.5, 0.6) is 0 Å². The Labute approximate surface area is 91.4 Å². The molecule has 0 amide bonds. The molecule has 6 heteroatoms. The second kappa shape index (κ2) is 4.42. The molecule has 0 fully saturated rings. The minimum Gasteiger partial charge on any atom is -0.314 e. The smallest absolute Gasteiger partial charge is 0.250 e. The number of nitrogens with zero attached hydrogens (tertiary/aromatic N) is 2. The number of nitrogens with one attached hydrogen (secondary N) is 1. The monoisotopic (exact) mass is 239 g/mol. The van der Waals surface area contributed by atoms with Crippen LogP contribution in [0.4, 0.5) is 0 Å². The summed E-state index contributed by atoms with van der Waals surface area (Å²) < 4.78 is -1.55. The number of alkyl halides is 3. The highest BCUT2D eigenvalue weighted by atomic mass is 35.6. The zero-order valence-electron chi connectivity index (χ0n) is 6.89. The second-order valence-corrected chi connectivity index (χ2v) is 4.68. The molecule has 0 aliphatic rings. The molecule has 0 spiro atoms. The van der Waals surface area contributed by atoms with E-state index in [4.69, 9.17) is 34.8 Å². The van der Waals surface area contributed by atoms with Crippen LogP contribution in [-0.4, -0.2) is 17.0 Å². The topological polar surface area (TPSA) is 37.8 Å². The lowest BCUT2D eigenvalue weighted by Crippen LogP contribution is -2.12. The minimum atomic E-state index is -1.55.